The van der Waals surface area contributed by atoms with Crippen LogP contribution in [-0.4, -0.2) is 87.6 Å². The zero-order valence-corrected chi connectivity index (χ0v) is 66.1. The normalized spacial score (nSPS) is 11.7. The molecular formula is C72H64Cl10N14O13. The Morgan fingerprint density at radius 3 is 1.19 bits per heavy atom. The zero-order valence-electron chi connectivity index (χ0n) is 58.6. The van der Waals surface area contributed by atoms with Gasteiger partial charge in [-0.2, -0.15) is 20.4 Å². The van der Waals surface area contributed by atoms with Gasteiger partial charge in [-0.05, 0) is 147 Å². The second kappa shape index (κ2) is 39.9. The number of carbonyl (C=O) groups excluding carboxylic acids is 2. The maximum atomic E-state index is 12.6. The molecule has 4 unspecified atom stereocenters. The third kappa shape index (κ3) is 22.4. The van der Waals surface area contributed by atoms with Crippen molar-refractivity contribution in [3.05, 3.63) is 297 Å². The van der Waals surface area contributed by atoms with Crippen molar-refractivity contribution in [1.29, 1.82) is 0 Å². The largest absolute Gasteiger partial charge is 0.476 e. The summed E-state index contributed by atoms with van der Waals surface area (Å²) in [5.74, 6) is -0.0252. The lowest BCUT2D eigenvalue weighted by molar-refractivity contribution is -0.385. The van der Waals surface area contributed by atoms with Gasteiger partial charge in [0.15, 0.2) is 28.7 Å². The number of nitrogen functional groups attached to an aromatic ring is 1. The first-order chi connectivity index (χ1) is 51.6. The molecule has 8 aromatic heterocycles. The fourth-order valence-corrected chi connectivity index (χ4v) is 13.6. The number of nitro groups is 2. The van der Waals surface area contributed by atoms with Crippen LogP contribution in [0.3, 0.4) is 0 Å². The van der Waals surface area contributed by atoms with Gasteiger partial charge in [0.1, 0.15) is 23.8 Å². The van der Waals surface area contributed by atoms with Crippen molar-refractivity contribution < 1.29 is 52.3 Å². The van der Waals surface area contributed by atoms with Crippen LogP contribution in [0, 0.1) is 47.9 Å². The molecule has 8 heterocycles. The summed E-state index contributed by atoms with van der Waals surface area (Å²) in [5, 5.41) is 72.4. The second-order valence-electron chi connectivity index (χ2n) is 22.9. The molecule has 0 saturated heterocycles. The van der Waals surface area contributed by atoms with Gasteiger partial charge >= 0.3 is 17.3 Å². The smallest absolute Gasteiger partial charge is 0.358 e. The van der Waals surface area contributed by atoms with E-state index < -0.39 is 27.8 Å². The number of benzene rings is 5. The van der Waals surface area contributed by atoms with E-state index in [1.165, 1.54) is 44.0 Å². The summed E-state index contributed by atoms with van der Waals surface area (Å²) in [6.07, 6.45) is 8.00. The second-order valence-corrected chi connectivity index (χ2v) is 27.0. The standard InChI is InChI=1S/C20H16Cl2N4O3.C12H11Cl2N3O2.C12H13Cl2N3.C8H8Cl2O.C8H6Cl2O.C8H5NO4.C4H5N3O2/c1-11-16(10-23-26(11)12(2)19-13(21)5-3-6-14(19)22)24-20(27)15-9-18(29-25-15)17-7-4-8-28-17;1-7-11(17(18)19)6-15-16(7)8(2)12-9(13)4-3-5-10(12)14;1-7-11(15)6-16-17(7)8(2)12-9(13)4-3-5-10(12)14;2*1-5(11)8-6(9)3-2-4-7(8)10;10-8(11)5-4-7(13-9-5)6-2-1-3-12-6;1-3-4(7(8)9)2-5-6-3/h3-10,12H,1-2H3,(H,24,27);3-6,8H,1-2H3;3-6,8H,15H2,1-2H3;2-5,11H,1H3;2-4H,1H3;1-4H,(H,10,11);2H,1H3,(H,5,6). The lowest BCUT2D eigenvalue weighted by atomic mass is 10.1. The molecule has 13 rings (SSSR count). The first kappa shape index (κ1) is 86.2. The SMILES string of the molecule is CC(=O)c1c(Cl)cccc1Cl.CC(O)c1c(Cl)cccc1Cl.Cc1[nH]ncc1[N+](=O)[O-].Cc1c(N)cnn1C(C)c1c(Cl)cccc1Cl.Cc1c(NC(=O)c2cc(-c3ccco3)on2)cnn1C(C)c1c(Cl)cccc1Cl.Cc1c([N+](=O)[O-])cnn1C(C)c1c(Cl)cccc1Cl.O=C(O)c1cc(-c2ccco2)on1. The lowest BCUT2D eigenvalue weighted by Gasteiger charge is -2.18. The molecule has 4 atom stereocenters. The van der Waals surface area contributed by atoms with E-state index in [1.807, 2.05) is 57.5 Å². The van der Waals surface area contributed by atoms with E-state index in [9.17, 15) is 39.7 Å². The number of aryl methyl sites for hydroxylation is 1. The minimum atomic E-state index is -1.12. The molecule has 13 aromatic rings. The van der Waals surface area contributed by atoms with Crippen LogP contribution in [0.15, 0.2) is 183 Å². The Morgan fingerprint density at radius 1 is 0.505 bits per heavy atom. The number of nitrogens with one attached hydrogen (secondary N) is 2. The van der Waals surface area contributed by atoms with E-state index >= 15 is 0 Å². The number of halogens is 10. The Kier molecular flexibility index (Phi) is 31.6. The van der Waals surface area contributed by atoms with Crippen molar-refractivity contribution in [1.82, 2.24) is 49.9 Å². The van der Waals surface area contributed by atoms with Crippen molar-refractivity contribution in [2.75, 3.05) is 11.1 Å². The molecule has 0 fully saturated rings. The van der Waals surface area contributed by atoms with E-state index in [2.05, 4.69) is 41.1 Å². The molecule has 0 aliphatic carbocycles. The van der Waals surface area contributed by atoms with Crippen molar-refractivity contribution in [2.45, 2.75) is 86.5 Å². The molecule has 0 bridgehead atoms. The quantitative estimate of drug-likeness (QED) is 0.0361. The predicted octanol–water partition coefficient (Wildman–Crippen LogP) is 21.8. The van der Waals surface area contributed by atoms with Gasteiger partial charge in [-0.25, -0.2) is 4.79 Å². The topological polar surface area (TPSA) is 376 Å². The number of aromatic amines is 1. The van der Waals surface area contributed by atoms with E-state index in [1.54, 1.807) is 140 Å². The maximum absolute atomic E-state index is 12.6. The van der Waals surface area contributed by atoms with Crippen LogP contribution in [0.4, 0.5) is 22.7 Å². The minimum Gasteiger partial charge on any atom is -0.476 e. The number of ketones is 1. The number of aromatic nitrogens is 10. The number of nitrogens with zero attached hydrogens (tertiary/aromatic N) is 11. The summed E-state index contributed by atoms with van der Waals surface area (Å²) in [6, 6.07) is 35.2. The fourth-order valence-electron chi connectivity index (χ4n) is 10.1. The minimum absolute atomic E-state index is 0.0185. The number of anilines is 2. The number of aliphatic hydroxyl groups excluding tert-OH is 1. The van der Waals surface area contributed by atoms with Gasteiger partial charge < -0.3 is 39.1 Å². The number of nitrogens with two attached hydrogens (primary N) is 1. The monoisotopic (exact) mass is 1680 g/mol. The van der Waals surface area contributed by atoms with Crippen molar-refractivity contribution >= 4 is 156 Å². The number of amides is 1. The van der Waals surface area contributed by atoms with Gasteiger partial charge in [-0.3, -0.25) is 49.0 Å². The Morgan fingerprint density at radius 2 is 0.881 bits per heavy atom. The highest BCUT2D eigenvalue weighted by atomic mass is 35.5. The third-order valence-corrected chi connectivity index (χ3v) is 18.9. The average Bonchev–Trinajstić information content (AvgIpc) is 1.73. The Labute approximate surface area is 671 Å². The number of rotatable bonds is 15. The highest BCUT2D eigenvalue weighted by Gasteiger charge is 2.26. The Balaban J connectivity index is 0.000000184. The Bertz CT molecular complexity index is 5190. The molecule has 570 valence electrons. The van der Waals surface area contributed by atoms with Gasteiger partial charge in [0.2, 0.25) is 11.5 Å². The van der Waals surface area contributed by atoms with Crippen LogP contribution in [-0.2, 0) is 0 Å². The number of aliphatic hydroxyl groups is 1. The van der Waals surface area contributed by atoms with Gasteiger partial charge in [-0.1, -0.05) is 157 Å². The molecule has 0 aliphatic heterocycles. The molecule has 109 heavy (non-hydrogen) atoms. The summed E-state index contributed by atoms with van der Waals surface area (Å²) in [6.45, 7) is 15.9. The summed E-state index contributed by atoms with van der Waals surface area (Å²) >= 11 is 60.3. The highest BCUT2D eigenvalue weighted by Crippen LogP contribution is 2.38. The number of hydrogen-bond acceptors (Lipinski definition) is 19. The molecule has 0 radical (unpaired) electrons. The van der Waals surface area contributed by atoms with Crippen molar-refractivity contribution in [3.63, 3.8) is 0 Å². The van der Waals surface area contributed by atoms with Crippen LogP contribution in [0.5, 0.6) is 0 Å². The average molecular weight is 1690 g/mol. The number of aromatic carboxylic acids is 1. The molecule has 0 aliphatic rings. The number of carboxylic acid groups (broad SMARTS) is 1. The molecule has 0 spiro atoms. The van der Waals surface area contributed by atoms with Crippen LogP contribution >= 0.6 is 116 Å². The molecule has 37 heteroatoms. The van der Waals surface area contributed by atoms with Crippen molar-refractivity contribution in [3.8, 4) is 23.0 Å². The van der Waals surface area contributed by atoms with Gasteiger partial charge in [0.05, 0.1) is 97.4 Å². The molecule has 5 aromatic carbocycles. The van der Waals surface area contributed by atoms with Gasteiger partial charge in [0, 0.05) is 74.6 Å². The van der Waals surface area contributed by atoms with E-state index in [0.717, 1.165) is 22.5 Å². The summed E-state index contributed by atoms with van der Waals surface area (Å²) in [5.41, 5.74) is 12.9. The highest BCUT2D eigenvalue weighted by molar-refractivity contribution is 6.40. The lowest BCUT2D eigenvalue weighted by Crippen LogP contribution is -2.14. The van der Waals surface area contributed by atoms with Crippen molar-refractivity contribution in [2.24, 2.45) is 0 Å². The van der Waals surface area contributed by atoms with E-state index in [-0.39, 0.29) is 46.7 Å². The third-order valence-electron chi connectivity index (χ3n) is 15.7. The van der Waals surface area contributed by atoms with Crippen LogP contribution in [0.1, 0.15) is 135 Å². The molecule has 6 N–H and O–H groups in total. The van der Waals surface area contributed by atoms with Gasteiger partial charge in [-0.15, -0.1) is 0 Å². The first-order valence-electron chi connectivity index (χ1n) is 31.8. The van der Waals surface area contributed by atoms with E-state index in [0.29, 0.717) is 113 Å². The van der Waals surface area contributed by atoms with Crippen LogP contribution in [0.2, 0.25) is 50.2 Å². The van der Waals surface area contributed by atoms with E-state index in [4.69, 9.17) is 145 Å². The first-order valence-corrected chi connectivity index (χ1v) is 35.5. The number of Topliss-reactive ketones (excluding diaryl/α,β-unsaturated/α-hetero) is 1. The van der Waals surface area contributed by atoms with Crippen LogP contribution in [0.25, 0.3) is 23.0 Å². The Hall–Kier alpha value is -10.0. The fraction of sp³-hybridized carbons (Fsp3) is 0.181. The van der Waals surface area contributed by atoms with Gasteiger partial charge in [0.25, 0.3) is 5.91 Å². The number of furan rings is 2. The molecule has 1 amide bonds. The van der Waals surface area contributed by atoms with Crippen LogP contribution < -0.4 is 11.1 Å². The predicted molar refractivity (Wildman–Crippen MR) is 420 cm³/mol. The zero-order chi connectivity index (χ0) is 80.2. The number of carbonyl (C=O) groups is 3. The number of hydrogen-bond donors (Lipinski definition) is 5. The summed E-state index contributed by atoms with van der Waals surface area (Å²) in [4.78, 5) is 53.8. The molecular weight excluding hydrogens is 1620 g/mol. The maximum Gasteiger partial charge on any atom is 0.358 e. The summed E-state index contributed by atoms with van der Waals surface area (Å²) in [7, 11) is 0. The summed E-state index contributed by atoms with van der Waals surface area (Å²) < 4.78 is 25.3. The number of carboxylic acids is 1. The molecule has 27 nitrogen and oxygen atoms in total. The number of H-pyrrole nitrogens is 1. The molecule has 0 saturated carbocycles.